The topological polar surface area (TPSA) is 55.1 Å². The Hall–Kier alpha value is -1.49. The van der Waals surface area contributed by atoms with Crippen molar-refractivity contribution in [2.75, 3.05) is 11.1 Å². The van der Waals surface area contributed by atoms with E-state index in [0.29, 0.717) is 0 Å². The Bertz CT molecular complexity index is 668. The van der Waals surface area contributed by atoms with Crippen LogP contribution in [0.25, 0.3) is 0 Å². The number of rotatable bonds is 2. The number of nitrogens with one attached hydrogen (secondary N) is 1. The van der Waals surface area contributed by atoms with Crippen LogP contribution in [0.5, 0.6) is 0 Å². The highest BCUT2D eigenvalue weighted by atomic mass is 35.5. The first-order valence-corrected chi connectivity index (χ1v) is 6.53. The van der Waals surface area contributed by atoms with Crippen LogP contribution in [0, 0.1) is 5.82 Å². The minimum atomic E-state index is -0.713. The van der Waals surface area contributed by atoms with Gasteiger partial charge in [-0.25, -0.2) is 4.39 Å². The van der Waals surface area contributed by atoms with Gasteiger partial charge in [0.25, 0.3) is 5.91 Å². The van der Waals surface area contributed by atoms with E-state index in [1.54, 1.807) is 0 Å². The number of anilines is 2. The van der Waals surface area contributed by atoms with Gasteiger partial charge < -0.3 is 11.1 Å². The molecule has 0 heterocycles. The molecule has 0 unspecified atom stereocenters. The van der Waals surface area contributed by atoms with Gasteiger partial charge in [0.15, 0.2) is 5.82 Å². The normalized spacial score (nSPS) is 10.4. The molecule has 7 heteroatoms. The summed E-state index contributed by atoms with van der Waals surface area (Å²) >= 11 is 17.3. The molecule has 20 heavy (non-hydrogen) atoms. The van der Waals surface area contributed by atoms with Crippen LogP contribution in [0.15, 0.2) is 30.3 Å². The van der Waals surface area contributed by atoms with Crippen LogP contribution in [0.2, 0.25) is 15.1 Å². The van der Waals surface area contributed by atoms with Gasteiger partial charge in [-0.1, -0.05) is 40.9 Å². The van der Waals surface area contributed by atoms with Crippen molar-refractivity contribution in [3.8, 4) is 0 Å². The van der Waals surface area contributed by atoms with Gasteiger partial charge in [-0.15, -0.1) is 0 Å². The SMILES string of the molecule is Nc1c(Cl)cc(C(=O)Nc2cccc(Cl)c2F)cc1Cl. The highest BCUT2D eigenvalue weighted by Crippen LogP contribution is 2.29. The van der Waals surface area contributed by atoms with Gasteiger partial charge in [0.2, 0.25) is 0 Å². The molecular weight excluding hydrogens is 326 g/mol. The minimum Gasteiger partial charge on any atom is -0.396 e. The molecule has 0 saturated carbocycles. The summed E-state index contributed by atoms with van der Waals surface area (Å²) in [5.74, 6) is -1.29. The van der Waals surface area contributed by atoms with Gasteiger partial charge in [-0.2, -0.15) is 0 Å². The van der Waals surface area contributed by atoms with Gasteiger partial charge in [0.1, 0.15) is 0 Å². The summed E-state index contributed by atoms with van der Waals surface area (Å²) in [5, 5.41) is 2.59. The summed E-state index contributed by atoms with van der Waals surface area (Å²) < 4.78 is 13.7. The van der Waals surface area contributed by atoms with Gasteiger partial charge in [0.05, 0.1) is 26.4 Å². The Morgan fingerprint density at radius 3 is 2.30 bits per heavy atom. The molecular formula is C13H8Cl3FN2O. The van der Waals surface area contributed by atoms with Crippen molar-refractivity contribution < 1.29 is 9.18 Å². The fraction of sp³-hybridized carbons (Fsp3) is 0. The Kier molecular flexibility index (Phi) is 4.38. The number of nitrogen functional groups attached to an aromatic ring is 1. The van der Waals surface area contributed by atoms with Crippen LogP contribution in [-0.2, 0) is 0 Å². The van der Waals surface area contributed by atoms with Gasteiger partial charge in [0, 0.05) is 5.56 Å². The Morgan fingerprint density at radius 1 is 1.10 bits per heavy atom. The predicted octanol–water partition coefficient (Wildman–Crippen LogP) is 4.62. The van der Waals surface area contributed by atoms with Crippen LogP contribution in [0.3, 0.4) is 0 Å². The predicted molar refractivity (Wildman–Crippen MR) is 80.2 cm³/mol. The first-order valence-electron chi connectivity index (χ1n) is 5.40. The summed E-state index contributed by atoms with van der Waals surface area (Å²) in [6.45, 7) is 0. The number of hydrogen-bond acceptors (Lipinski definition) is 2. The second-order valence-corrected chi connectivity index (χ2v) is 5.13. The van der Waals surface area contributed by atoms with E-state index in [-0.39, 0.29) is 32.0 Å². The van der Waals surface area contributed by atoms with Crippen molar-refractivity contribution in [2.24, 2.45) is 0 Å². The third-order valence-corrected chi connectivity index (χ3v) is 3.46. The lowest BCUT2D eigenvalue weighted by molar-refractivity contribution is 0.102. The van der Waals surface area contributed by atoms with Crippen LogP contribution >= 0.6 is 34.8 Å². The van der Waals surface area contributed by atoms with Gasteiger partial charge in [-0.05, 0) is 24.3 Å². The van der Waals surface area contributed by atoms with Crippen molar-refractivity contribution in [1.82, 2.24) is 0 Å². The van der Waals surface area contributed by atoms with E-state index in [1.807, 2.05) is 0 Å². The molecule has 0 atom stereocenters. The molecule has 0 fully saturated rings. The maximum atomic E-state index is 13.7. The highest BCUT2D eigenvalue weighted by molar-refractivity contribution is 6.39. The highest BCUT2D eigenvalue weighted by Gasteiger charge is 2.14. The molecule has 0 saturated heterocycles. The molecule has 1 amide bonds. The van der Waals surface area contributed by atoms with E-state index >= 15 is 0 Å². The van der Waals surface area contributed by atoms with Gasteiger partial charge >= 0.3 is 0 Å². The van der Waals surface area contributed by atoms with E-state index in [4.69, 9.17) is 40.5 Å². The largest absolute Gasteiger partial charge is 0.396 e. The molecule has 0 aliphatic heterocycles. The van der Waals surface area contributed by atoms with Crippen LogP contribution in [0.4, 0.5) is 15.8 Å². The van der Waals surface area contributed by atoms with Crippen LogP contribution < -0.4 is 11.1 Å². The van der Waals surface area contributed by atoms with Crippen molar-refractivity contribution in [1.29, 1.82) is 0 Å². The van der Waals surface area contributed by atoms with E-state index in [1.165, 1.54) is 30.3 Å². The smallest absolute Gasteiger partial charge is 0.255 e. The molecule has 2 aromatic rings. The molecule has 0 spiro atoms. The van der Waals surface area contributed by atoms with Crippen molar-refractivity contribution in [3.63, 3.8) is 0 Å². The zero-order chi connectivity index (χ0) is 14.9. The van der Waals surface area contributed by atoms with Crippen molar-refractivity contribution >= 4 is 52.1 Å². The van der Waals surface area contributed by atoms with Crippen molar-refractivity contribution in [2.45, 2.75) is 0 Å². The van der Waals surface area contributed by atoms with Crippen LogP contribution in [0.1, 0.15) is 10.4 Å². The summed E-state index contributed by atoms with van der Waals surface area (Å²) in [5.41, 5.74) is 5.88. The average molecular weight is 334 g/mol. The molecule has 104 valence electrons. The minimum absolute atomic E-state index is 0.0356. The van der Waals surface area contributed by atoms with Crippen LogP contribution in [-0.4, -0.2) is 5.91 Å². The third kappa shape index (κ3) is 2.98. The zero-order valence-corrected chi connectivity index (χ0v) is 12.2. The molecule has 0 bridgehead atoms. The molecule has 3 nitrogen and oxygen atoms in total. The van der Waals surface area contributed by atoms with E-state index in [0.717, 1.165) is 0 Å². The summed E-state index contributed by atoms with van der Waals surface area (Å²) in [6, 6.07) is 6.98. The summed E-state index contributed by atoms with van der Waals surface area (Å²) in [4.78, 5) is 12.0. The Morgan fingerprint density at radius 2 is 1.70 bits per heavy atom. The van der Waals surface area contributed by atoms with E-state index < -0.39 is 11.7 Å². The second-order valence-electron chi connectivity index (χ2n) is 3.91. The molecule has 2 aromatic carbocycles. The molecule has 3 N–H and O–H groups in total. The van der Waals surface area contributed by atoms with E-state index in [9.17, 15) is 9.18 Å². The van der Waals surface area contributed by atoms with E-state index in [2.05, 4.69) is 5.32 Å². The molecule has 0 aromatic heterocycles. The lowest BCUT2D eigenvalue weighted by Crippen LogP contribution is -2.13. The number of carbonyl (C=O) groups excluding carboxylic acids is 1. The maximum Gasteiger partial charge on any atom is 0.255 e. The Labute approximate surface area is 129 Å². The molecule has 2 rings (SSSR count). The summed E-state index contributed by atoms with van der Waals surface area (Å²) in [6.07, 6.45) is 0. The standard InChI is InChI=1S/C13H8Cl3FN2O/c14-7-2-1-3-10(11(7)17)19-13(20)6-4-8(15)12(18)9(16)5-6/h1-5H,18H2,(H,19,20). The number of amides is 1. The summed E-state index contributed by atoms with van der Waals surface area (Å²) in [7, 11) is 0. The lowest BCUT2D eigenvalue weighted by Gasteiger charge is -2.09. The number of benzene rings is 2. The average Bonchev–Trinajstić information content (AvgIpc) is 2.40. The third-order valence-electron chi connectivity index (χ3n) is 2.54. The number of carbonyl (C=O) groups is 1. The van der Waals surface area contributed by atoms with Gasteiger partial charge in [-0.3, -0.25) is 4.79 Å². The fourth-order valence-corrected chi connectivity index (χ4v) is 2.17. The Balaban J connectivity index is 2.31. The lowest BCUT2D eigenvalue weighted by atomic mass is 10.2. The number of hydrogen-bond donors (Lipinski definition) is 2. The maximum absolute atomic E-state index is 13.7. The zero-order valence-electron chi connectivity index (χ0n) is 9.88. The van der Waals surface area contributed by atoms with Crippen molar-refractivity contribution in [3.05, 3.63) is 56.8 Å². The number of halogens is 4. The monoisotopic (exact) mass is 332 g/mol. The molecule has 0 aliphatic carbocycles. The molecule has 0 radical (unpaired) electrons. The first kappa shape index (κ1) is 14.9. The second kappa shape index (κ2) is 5.87. The first-order chi connectivity index (χ1) is 9.40. The fourth-order valence-electron chi connectivity index (χ4n) is 1.51. The molecule has 0 aliphatic rings. The quantitative estimate of drug-likeness (QED) is 0.788. The number of nitrogens with two attached hydrogens (primary N) is 1.